The van der Waals surface area contributed by atoms with Crippen LogP contribution in [-0.2, 0) is 15.6 Å². The van der Waals surface area contributed by atoms with E-state index in [-0.39, 0.29) is 16.3 Å². The van der Waals surface area contributed by atoms with Crippen molar-refractivity contribution in [1.29, 1.82) is 0 Å². The number of hydrogen-bond acceptors (Lipinski definition) is 5. The second kappa shape index (κ2) is 10.3. The van der Waals surface area contributed by atoms with Crippen molar-refractivity contribution in [1.82, 2.24) is 0 Å². The zero-order valence-electron chi connectivity index (χ0n) is 13.4. The lowest BCUT2D eigenvalue weighted by atomic mass is 10.1. The van der Waals surface area contributed by atoms with E-state index < -0.39 is 16.9 Å². The van der Waals surface area contributed by atoms with E-state index in [2.05, 4.69) is 17.0 Å². The van der Waals surface area contributed by atoms with Gasteiger partial charge < -0.3 is 10.1 Å². The normalized spacial score (nSPS) is 10.6. The third-order valence-corrected chi connectivity index (χ3v) is 3.93. The Labute approximate surface area is 143 Å². The minimum absolute atomic E-state index is 0.159. The van der Waals surface area contributed by atoms with E-state index >= 15 is 0 Å². The average Bonchev–Trinajstić information content (AvgIpc) is 2.50. The van der Waals surface area contributed by atoms with E-state index in [1.807, 2.05) is 6.92 Å². The smallest absolute Gasteiger partial charge is 0.338 e. The van der Waals surface area contributed by atoms with Crippen LogP contribution in [0.1, 0.15) is 49.9 Å². The number of anilines is 2. The molecule has 0 amide bonds. The van der Waals surface area contributed by atoms with E-state index in [1.54, 1.807) is 6.07 Å². The van der Waals surface area contributed by atoms with Crippen molar-refractivity contribution in [2.45, 2.75) is 39.5 Å². The van der Waals surface area contributed by atoms with Gasteiger partial charge in [-0.1, -0.05) is 38.3 Å². The van der Waals surface area contributed by atoms with Crippen LogP contribution >= 0.6 is 11.6 Å². The van der Waals surface area contributed by atoms with Gasteiger partial charge in [0, 0.05) is 6.54 Å². The van der Waals surface area contributed by atoms with Gasteiger partial charge in [0.05, 0.1) is 28.6 Å². The molecule has 0 saturated heterocycles. The minimum atomic E-state index is -2.88. The number of halogens is 1. The van der Waals surface area contributed by atoms with Gasteiger partial charge in [0.15, 0.2) is 0 Å². The zero-order valence-corrected chi connectivity index (χ0v) is 15.0. The molecule has 1 rings (SSSR count). The summed E-state index contributed by atoms with van der Waals surface area (Å²) in [6.07, 6.45) is 3.63. The first kappa shape index (κ1) is 19.6. The second-order valence-corrected chi connectivity index (χ2v) is 6.14. The van der Waals surface area contributed by atoms with Crippen molar-refractivity contribution in [3.63, 3.8) is 0 Å². The first-order valence-corrected chi connectivity index (χ1v) is 9.20. The maximum Gasteiger partial charge on any atom is 0.338 e. The van der Waals surface area contributed by atoms with E-state index in [1.165, 1.54) is 6.07 Å². The number of ether oxygens (including phenoxy) is 1. The molecule has 0 saturated carbocycles. The molecule has 1 aromatic carbocycles. The highest BCUT2D eigenvalue weighted by Gasteiger charge is 2.15. The van der Waals surface area contributed by atoms with Crippen molar-refractivity contribution < 1.29 is 17.9 Å². The van der Waals surface area contributed by atoms with Gasteiger partial charge in [0.1, 0.15) is 0 Å². The topological polar surface area (TPSA) is 84.5 Å². The first-order valence-electron chi connectivity index (χ1n) is 7.65. The van der Waals surface area contributed by atoms with E-state index in [0.29, 0.717) is 18.8 Å². The standard InChI is InChI=1S/C15H23ClN2O4S/c1-3-5-7-17-12-9-11(15(19)22-8-6-4-2)10-13(14(12)16)18-23(20)21/h9-10,17,23H,3-8H2,1-2H3,(H,18,20,21). The third-order valence-electron chi connectivity index (χ3n) is 3.10. The summed E-state index contributed by atoms with van der Waals surface area (Å²) in [5.41, 5.74) is 0.917. The fourth-order valence-corrected chi connectivity index (χ4v) is 2.51. The van der Waals surface area contributed by atoms with Crippen LogP contribution in [0.25, 0.3) is 0 Å². The SMILES string of the molecule is CCCCNc1cc(C(=O)OCCCC)cc(N[SH](=O)=O)c1Cl. The summed E-state index contributed by atoms with van der Waals surface area (Å²) in [7, 11) is -2.88. The molecule has 130 valence electrons. The molecule has 8 heteroatoms. The number of benzene rings is 1. The Morgan fingerprint density at radius 3 is 2.43 bits per heavy atom. The van der Waals surface area contributed by atoms with Crippen molar-refractivity contribution in [3.8, 4) is 0 Å². The van der Waals surface area contributed by atoms with Gasteiger partial charge in [-0.3, -0.25) is 4.72 Å². The van der Waals surface area contributed by atoms with Crippen LogP contribution in [0, 0.1) is 0 Å². The maximum absolute atomic E-state index is 12.1. The summed E-state index contributed by atoms with van der Waals surface area (Å²) in [6, 6.07) is 2.96. The summed E-state index contributed by atoms with van der Waals surface area (Å²) in [5.74, 6) is -0.502. The van der Waals surface area contributed by atoms with Crippen molar-refractivity contribution in [2.75, 3.05) is 23.2 Å². The number of unbranched alkanes of at least 4 members (excludes halogenated alkanes) is 2. The molecule has 0 atom stereocenters. The Kier molecular flexibility index (Phi) is 8.79. The minimum Gasteiger partial charge on any atom is -0.462 e. The lowest BCUT2D eigenvalue weighted by Crippen LogP contribution is -2.10. The lowest BCUT2D eigenvalue weighted by molar-refractivity contribution is 0.0500. The highest BCUT2D eigenvalue weighted by atomic mass is 35.5. The number of carbonyl (C=O) groups is 1. The van der Waals surface area contributed by atoms with Crippen LogP contribution in [0.15, 0.2) is 12.1 Å². The predicted molar refractivity (Wildman–Crippen MR) is 94.0 cm³/mol. The molecule has 0 radical (unpaired) electrons. The average molecular weight is 363 g/mol. The van der Waals surface area contributed by atoms with E-state index in [0.717, 1.165) is 25.7 Å². The van der Waals surface area contributed by atoms with Crippen molar-refractivity contribution in [3.05, 3.63) is 22.7 Å². The summed E-state index contributed by atoms with van der Waals surface area (Å²) in [5, 5.41) is 3.34. The Morgan fingerprint density at radius 1 is 1.17 bits per heavy atom. The molecular weight excluding hydrogens is 340 g/mol. The molecule has 2 N–H and O–H groups in total. The van der Waals surface area contributed by atoms with Crippen LogP contribution < -0.4 is 10.0 Å². The zero-order chi connectivity index (χ0) is 17.2. The fraction of sp³-hybridized carbons (Fsp3) is 0.533. The van der Waals surface area contributed by atoms with Crippen LogP contribution in [0.2, 0.25) is 5.02 Å². The van der Waals surface area contributed by atoms with Crippen LogP contribution in [0.3, 0.4) is 0 Å². The summed E-state index contributed by atoms with van der Waals surface area (Å²) in [6.45, 7) is 5.06. The largest absolute Gasteiger partial charge is 0.462 e. The number of rotatable bonds is 10. The Hall–Kier alpha value is -1.47. The first-order chi connectivity index (χ1) is 11.0. The van der Waals surface area contributed by atoms with Crippen LogP contribution in [-0.4, -0.2) is 27.5 Å². The number of esters is 1. The van der Waals surface area contributed by atoms with Gasteiger partial charge in [-0.05, 0) is 25.0 Å². The van der Waals surface area contributed by atoms with Crippen molar-refractivity contribution >= 4 is 39.8 Å². The molecule has 23 heavy (non-hydrogen) atoms. The van der Waals surface area contributed by atoms with Crippen LogP contribution in [0.5, 0.6) is 0 Å². The monoisotopic (exact) mass is 362 g/mol. The van der Waals surface area contributed by atoms with Gasteiger partial charge >= 0.3 is 5.97 Å². The molecule has 0 unspecified atom stereocenters. The quantitative estimate of drug-likeness (QED) is 0.337. The number of thiol groups is 1. The maximum atomic E-state index is 12.1. The summed E-state index contributed by atoms with van der Waals surface area (Å²) < 4.78 is 29.2. The van der Waals surface area contributed by atoms with E-state index in [4.69, 9.17) is 16.3 Å². The Balaban J connectivity index is 3.03. The predicted octanol–water partition coefficient (Wildman–Crippen LogP) is 3.45. The molecular formula is C15H23ClN2O4S. The molecule has 0 aliphatic heterocycles. The van der Waals surface area contributed by atoms with Crippen LogP contribution in [0.4, 0.5) is 11.4 Å². The molecule has 1 aromatic rings. The van der Waals surface area contributed by atoms with Gasteiger partial charge in [0.25, 0.3) is 0 Å². The fourth-order valence-electron chi connectivity index (χ4n) is 1.84. The Bertz CT molecular complexity index is 597. The number of hydrogen-bond donors (Lipinski definition) is 3. The van der Waals surface area contributed by atoms with Crippen molar-refractivity contribution in [2.24, 2.45) is 0 Å². The Morgan fingerprint density at radius 2 is 1.83 bits per heavy atom. The molecule has 0 aromatic heterocycles. The van der Waals surface area contributed by atoms with Gasteiger partial charge in [-0.25, -0.2) is 13.2 Å². The molecule has 0 heterocycles. The van der Waals surface area contributed by atoms with E-state index in [9.17, 15) is 13.2 Å². The molecule has 0 aliphatic rings. The summed E-state index contributed by atoms with van der Waals surface area (Å²) >= 11 is 6.19. The highest BCUT2D eigenvalue weighted by molar-refractivity contribution is 7.73. The molecule has 0 spiro atoms. The molecule has 6 nitrogen and oxygen atoms in total. The van der Waals surface area contributed by atoms with Gasteiger partial charge in [0.2, 0.25) is 10.9 Å². The highest BCUT2D eigenvalue weighted by Crippen LogP contribution is 2.32. The number of carbonyl (C=O) groups excluding carboxylic acids is 1. The molecule has 0 aliphatic carbocycles. The summed E-state index contributed by atoms with van der Waals surface area (Å²) in [4.78, 5) is 12.1. The molecule has 0 bridgehead atoms. The third kappa shape index (κ3) is 6.66. The lowest BCUT2D eigenvalue weighted by Gasteiger charge is -2.13. The second-order valence-electron chi connectivity index (χ2n) is 5.02. The van der Waals surface area contributed by atoms with Gasteiger partial charge in [-0.15, -0.1) is 0 Å². The molecule has 0 fully saturated rings. The number of nitrogens with one attached hydrogen (secondary N) is 2. The van der Waals surface area contributed by atoms with Gasteiger partial charge in [-0.2, -0.15) is 0 Å².